The van der Waals surface area contributed by atoms with Crippen LogP contribution in [0.4, 0.5) is 5.69 Å². The molecule has 0 unspecified atom stereocenters. The molecular formula is C19H16N4O2. The number of nitrogens with one attached hydrogen (secondary N) is 2. The number of amides is 2. The van der Waals surface area contributed by atoms with Gasteiger partial charge in [0.1, 0.15) is 5.69 Å². The lowest BCUT2D eigenvalue weighted by Crippen LogP contribution is -2.23. The van der Waals surface area contributed by atoms with E-state index >= 15 is 0 Å². The monoisotopic (exact) mass is 332 g/mol. The van der Waals surface area contributed by atoms with E-state index < -0.39 is 0 Å². The standard InChI is InChI=1S/C19H16N4O2/c24-18(22-13-14-6-9-20-10-7-14)15-8-11-21-17(12-15)19(25)23-16-4-2-1-3-5-16/h1-12H,13H2,(H,22,24)(H,23,25). The predicted octanol–water partition coefficient (Wildman–Crippen LogP) is 2.66. The maximum atomic E-state index is 12.3. The molecular weight excluding hydrogens is 316 g/mol. The Morgan fingerprint density at radius 2 is 1.64 bits per heavy atom. The molecule has 0 saturated heterocycles. The number of pyridine rings is 2. The Kier molecular flexibility index (Phi) is 5.11. The van der Waals surface area contributed by atoms with Crippen LogP contribution >= 0.6 is 0 Å². The summed E-state index contributed by atoms with van der Waals surface area (Å²) in [6.45, 7) is 0.384. The average molecular weight is 332 g/mol. The molecule has 0 fully saturated rings. The number of anilines is 1. The van der Waals surface area contributed by atoms with Gasteiger partial charge in [0.25, 0.3) is 11.8 Å². The van der Waals surface area contributed by atoms with Gasteiger partial charge < -0.3 is 10.6 Å². The van der Waals surface area contributed by atoms with Crippen LogP contribution in [-0.2, 0) is 6.54 Å². The van der Waals surface area contributed by atoms with Crippen molar-refractivity contribution in [2.45, 2.75) is 6.54 Å². The van der Waals surface area contributed by atoms with Crippen LogP contribution in [0.15, 0.2) is 73.2 Å². The van der Waals surface area contributed by atoms with Gasteiger partial charge in [0.2, 0.25) is 0 Å². The first-order valence-corrected chi connectivity index (χ1v) is 7.72. The van der Waals surface area contributed by atoms with Gasteiger partial charge in [0.05, 0.1) is 0 Å². The molecule has 2 aromatic heterocycles. The third-order valence-corrected chi connectivity index (χ3v) is 3.49. The minimum Gasteiger partial charge on any atom is -0.348 e. The first-order chi connectivity index (χ1) is 12.2. The molecule has 6 heteroatoms. The molecule has 6 nitrogen and oxygen atoms in total. The molecule has 1 aromatic carbocycles. The highest BCUT2D eigenvalue weighted by molar-refractivity contribution is 6.04. The number of carbonyl (C=O) groups excluding carboxylic acids is 2. The Balaban J connectivity index is 1.66. The second-order valence-corrected chi connectivity index (χ2v) is 5.29. The molecule has 2 N–H and O–H groups in total. The number of rotatable bonds is 5. The van der Waals surface area contributed by atoms with Crippen LogP contribution in [0, 0.1) is 0 Å². The molecule has 0 saturated carbocycles. The van der Waals surface area contributed by atoms with Crippen molar-refractivity contribution in [1.82, 2.24) is 15.3 Å². The molecule has 0 bridgehead atoms. The highest BCUT2D eigenvalue weighted by atomic mass is 16.2. The van der Waals surface area contributed by atoms with Gasteiger partial charge in [0, 0.05) is 36.4 Å². The van der Waals surface area contributed by atoms with Crippen molar-refractivity contribution in [2.75, 3.05) is 5.32 Å². The highest BCUT2D eigenvalue weighted by Gasteiger charge is 2.12. The maximum Gasteiger partial charge on any atom is 0.274 e. The van der Waals surface area contributed by atoms with Crippen LogP contribution in [0.1, 0.15) is 26.4 Å². The van der Waals surface area contributed by atoms with E-state index in [0.29, 0.717) is 17.8 Å². The molecule has 2 heterocycles. The Bertz CT molecular complexity index is 867. The zero-order chi connectivity index (χ0) is 17.5. The second-order valence-electron chi connectivity index (χ2n) is 5.29. The molecule has 0 aliphatic rings. The lowest BCUT2D eigenvalue weighted by atomic mass is 10.2. The molecule has 0 aliphatic heterocycles. The molecule has 2 amide bonds. The molecule has 25 heavy (non-hydrogen) atoms. The van der Waals surface area contributed by atoms with Crippen molar-refractivity contribution in [3.8, 4) is 0 Å². The number of benzene rings is 1. The average Bonchev–Trinajstić information content (AvgIpc) is 2.68. The van der Waals surface area contributed by atoms with E-state index in [1.165, 1.54) is 12.3 Å². The Labute approximate surface area is 145 Å². The highest BCUT2D eigenvalue weighted by Crippen LogP contribution is 2.09. The third-order valence-electron chi connectivity index (χ3n) is 3.49. The van der Waals surface area contributed by atoms with Crippen molar-refractivity contribution in [2.24, 2.45) is 0 Å². The summed E-state index contributed by atoms with van der Waals surface area (Å²) in [4.78, 5) is 32.5. The summed E-state index contributed by atoms with van der Waals surface area (Å²) in [5, 5.41) is 5.55. The van der Waals surface area contributed by atoms with Gasteiger partial charge in [-0.3, -0.25) is 19.6 Å². The smallest absolute Gasteiger partial charge is 0.274 e. The van der Waals surface area contributed by atoms with E-state index in [1.807, 2.05) is 30.3 Å². The van der Waals surface area contributed by atoms with Crippen LogP contribution in [0.2, 0.25) is 0 Å². The van der Waals surface area contributed by atoms with E-state index in [-0.39, 0.29) is 17.5 Å². The Morgan fingerprint density at radius 3 is 2.40 bits per heavy atom. The van der Waals surface area contributed by atoms with Crippen LogP contribution < -0.4 is 10.6 Å². The van der Waals surface area contributed by atoms with Gasteiger partial charge in [0.15, 0.2) is 0 Å². The van der Waals surface area contributed by atoms with Gasteiger partial charge in [-0.1, -0.05) is 18.2 Å². The summed E-state index contributed by atoms with van der Waals surface area (Å²) in [6.07, 6.45) is 4.78. The predicted molar refractivity (Wildman–Crippen MR) is 94.0 cm³/mol. The van der Waals surface area contributed by atoms with Crippen LogP contribution in [-0.4, -0.2) is 21.8 Å². The summed E-state index contributed by atoms with van der Waals surface area (Å²) in [6, 6.07) is 15.8. The molecule has 0 atom stereocenters. The van der Waals surface area contributed by atoms with Crippen LogP contribution in [0.5, 0.6) is 0 Å². The number of nitrogens with zero attached hydrogens (tertiary/aromatic N) is 2. The summed E-state index contributed by atoms with van der Waals surface area (Å²) in [5.74, 6) is -0.636. The Morgan fingerprint density at radius 1 is 0.880 bits per heavy atom. The minimum atomic E-state index is -0.366. The normalized spacial score (nSPS) is 10.1. The quantitative estimate of drug-likeness (QED) is 0.752. The lowest BCUT2D eigenvalue weighted by molar-refractivity contribution is 0.0950. The minimum absolute atomic E-state index is 0.181. The number of para-hydroxylation sites is 1. The van der Waals surface area contributed by atoms with Crippen LogP contribution in [0.25, 0.3) is 0 Å². The molecule has 0 spiro atoms. The summed E-state index contributed by atoms with van der Waals surface area (Å²) in [7, 11) is 0. The second kappa shape index (κ2) is 7.83. The van der Waals surface area contributed by atoms with Gasteiger partial charge >= 0.3 is 0 Å². The molecule has 3 aromatic rings. The number of carbonyl (C=O) groups is 2. The Hall–Kier alpha value is -3.54. The first-order valence-electron chi connectivity index (χ1n) is 7.72. The summed E-state index contributed by atoms with van der Waals surface area (Å²) >= 11 is 0. The lowest BCUT2D eigenvalue weighted by Gasteiger charge is -2.07. The van der Waals surface area contributed by atoms with E-state index in [2.05, 4.69) is 20.6 Å². The van der Waals surface area contributed by atoms with Gasteiger partial charge in [-0.2, -0.15) is 0 Å². The van der Waals surface area contributed by atoms with E-state index in [0.717, 1.165) is 5.56 Å². The van der Waals surface area contributed by atoms with Gasteiger partial charge in [-0.05, 0) is 42.0 Å². The molecule has 124 valence electrons. The van der Waals surface area contributed by atoms with Crippen molar-refractivity contribution in [3.63, 3.8) is 0 Å². The van der Waals surface area contributed by atoms with Gasteiger partial charge in [-0.15, -0.1) is 0 Å². The number of hydrogen-bond donors (Lipinski definition) is 2. The molecule has 0 radical (unpaired) electrons. The van der Waals surface area contributed by atoms with Gasteiger partial charge in [-0.25, -0.2) is 0 Å². The number of hydrogen-bond acceptors (Lipinski definition) is 4. The van der Waals surface area contributed by atoms with E-state index in [1.54, 1.807) is 30.6 Å². The van der Waals surface area contributed by atoms with Crippen molar-refractivity contribution in [3.05, 3.63) is 90.0 Å². The van der Waals surface area contributed by atoms with Crippen molar-refractivity contribution >= 4 is 17.5 Å². The van der Waals surface area contributed by atoms with Crippen LogP contribution in [0.3, 0.4) is 0 Å². The fourth-order valence-corrected chi connectivity index (χ4v) is 2.20. The summed E-state index contributed by atoms with van der Waals surface area (Å²) < 4.78 is 0. The fourth-order valence-electron chi connectivity index (χ4n) is 2.20. The zero-order valence-electron chi connectivity index (χ0n) is 13.3. The largest absolute Gasteiger partial charge is 0.348 e. The van der Waals surface area contributed by atoms with Crippen molar-refractivity contribution < 1.29 is 9.59 Å². The molecule has 0 aliphatic carbocycles. The van der Waals surface area contributed by atoms with E-state index in [4.69, 9.17) is 0 Å². The topological polar surface area (TPSA) is 84.0 Å². The SMILES string of the molecule is O=C(NCc1ccncc1)c1ccnc(C(=O)Nc2ccccc2)c1. The maximum absolute atomic E-state index is 12.3. The zero-order valence-corrected chi connectivity index (χ0v) is 13.3. The number of aromatic nitrogens is 2. The third kappa shape index (κ3) is 4.48. The summed E-state index contributed by atoms with van der Waals surface area (Å²) in [5.41, 5.74) is 2.17. The molecule has 3 rings (SSSR count). The van der Waals surface area contributed by atoms with Crippen molar-refractivity contribution in [1.29, 1.82) is 0 Å². The van der Waals surface area contributed by atoms with E-state index in [9.17, 15) is 9.59 Å². The first kappa shape index (κ1) is 16.3. The fraction of sp³-hybridized carbons (Fsp3) is 0.0526.